The third-order valence-electron chi connectivity index (χ3n) is 3.83. The highest BCUT2D eigenvalue weighted by Gasteiger charge is 2.22. The molecule has 6 heteroatoms. The third-order valence-corrected chi connectivity index (χ3v) is 3.83. The molecule has 1 aliphatic rings. The molecule has 0 unspecified atom stereocenters. The van der Waals surface area contributed by atoms with E-state index < -0.39 is 0 Å². The predicted molar refractivity (Wildman–Crippen MR) is 74.9 cm³/mol. The summed E-state index contributed by atoms with van der Waals surface area (Å²) in [6.45, 7) is 3.87. The van der Waals surface area contributed by atoms with Crippen molar-refractivity contribution in [2.24, 2.45) is 0 Å². The number of carbonyl (C=O) groups excluding carboxylic acids is 1. The Kier molecular flexibility index (Phi) is 3.68. The number of carbonyl (C=O) groups is 1. The second-order valence-corrected chi connectivity index (χ2v) is 5.26. The molecular weight excluding hydrogens is 271 g/mol. The number of hydrogen-bond acceptors (Lipinski definition) is 3. The largest absolute Gasteiger partial charge is 0.333 e. The van der Waals surface area contributed by atoms with Crippen molar-refractivity contribution < 1.29 is 9.18 Å². The molecular formula is C15H17FN4O. The SMILES string of the molecule is Cc1nnc2n1CCN(C(=O)CCc1ccc(F)cc1)C2. The van der Waals surface area contributed by atoms with Gasteiger partial charge in [0.15, 0.2) is 5.82 Å². The number of halogens is 1. The lowest BCUT2D eigenvalue weighted by Crippen LogP contribution is -2.38. The monoisotopic (exact) mass is 288 g/mol. The number of amides is 1. The molecule has 1 amide bonds. The van der Waals surface area contributed by atoms with Crippen LogP contribution in [0.5, 0.6) is 0 Å². The van der Waals surface area contributed by atoms with E-state index in [0.29, 0.717) is 25.9 Å². The van der Waals surface area contributed by atoms with Crippen LogP contribution < -0.4 is 0 Å². The van der Waals surface area contributed by atoms with Gasteiger partial charge in [0.1, 0.15) is 11.6 Å². The zero-order chi connectivity index (χ0) is 14.8. The van der Waals surface area contributed by atoms with Crippen LogP contribution in [-0.4, -0.2) is 32.1 Å². The highest BCUT2D eigenvalue weighted by molar-refractivity contribution is 5.76. The maximum absolute atomic E-state index is 12.8. The van der Waals surface area contributed by atoms with Gasteiger partial charge < -0.3 is 9.47 Å². The molecule has 0 spiro atoms. The van der Waals surface area contributed by atoms with Crippen molar-refractivity contribution in [3.8, 4) is 0 Å². The van der Waals surface area contributed by atoms with Crippen LogP contribution in [0.15, 0.2) is 24.3 Å². The highest BCUT2D eigenvalue weighted by Crippen LogP contribution is 2.14. The van der Waals surface area contributed by atoms with Gasteiger partial charge in [0.25, 0.3) is 0 Å². The Morgan fingerprint density at radius 2 is 2.00 bits per heavy atom. The summed E-state index contributed by atoms with van der Waals surface area (Å²) in [6, 6.07) is 6.29. The summed E-state index contributed by atoms with van der Waals surface area (Å²) in [5.74, 6) is 1.58. The van der Waals surface area contributed by atoms with Crippen molar-refractivity contribution in [2.45, 2.75) is 32.9 Å². The first kappa shape index (κ1) is 13.7. The number of nitrogens with zero attached hydrogens (tertiary/aromatic N) is 4. The molecule has 1 aromatic carbocycles. The van der Waals surface area contributed by atoms with Gasteiger partial charge in [0, 0.05) is 19.5 Å². The zero-order valence-electron chi connectivity index (χ0n) is 11.9. The van der Waals surface area contributed by atoms with Crippen LogP contribution in [0.25, 0.3) is 0 Å². The molecule has 0 saturated heterocycles. The Hall–Kier alpha value is -2.24. The predicted octanol–water partition coefficient (Wildman–Crippen LogP) is 1.70. The summed E-state index contributed by atoms with van der Waals surface area (Å²) >= 11 is 0. The minimum Gasteiger partial charge on any atom is -0.333 e. The Morgan fingerprint density at radius 1 is 1.24 bits per heavy atom. The standard InChI is InChI=1S/C15H17FN4O/c1-11-17-18-14-10-19(8-9-20(11)14)15(21)7-4-12-2-5-13(16)6-3-12/h2-3,5-6H,4,7-10H2,1H3. The molecule has 110 valence electrons. The summed E-state index contributed by atoms with van der Waals surface area (Å²) in [5.41, 5.74) is 0.973. The van der Waals surface area contributed by atoms with Crippen LogP contribution in [0.1, 0.15) is 23.6 Å². The lowest BCUT2D eigenvalue weighted by Gasteiger charge is -2.27. The van der Waals surface area contributed by atoms with Crippen molar-refractivity contribution in [2.75, 3.05) is 6.54 Å². The Balaban J connectivity index is 1.58. The molecule has 1 aromatic heterocycles. The number of hydrogen-bond donors (Lipinski definition) is 0. The second kappa shape index (κ2) is 5.63. The fourth-order valence-corrected chi connectivity index (χ4v) is 2.58. The van der Waals surface area contributed by atoms with E-state index in [2.05, 4.69) is 10.2 Å². The van der Waals surface area contributed by atoms with Crippen LogP contribution in [-0.2, 0) is 24.3 Å². The maximum atomic E-state index is 12.8. The number of rotatable bonds is 3. The molecule has 0 aliphatic carbocycles. The first-order valence-electron chi connectivity index (χ1n) is 7.04. The van der Waals surface area contributed by atoms with Gasteiger partial charge in [-0.2, -0.15) is 0 Å². The molecule has 0 fully saturated rings. The van der Waals surface area contributed by atoms with E-state index in [0.717, 1.165) is 23.8 Å². The summed E-state index contributed by atoms with van der Waals surface area (Å²) in [5, 5.41) is 8.13. The molecule has 0 radical (unpaired) electrons. The zero-order valence-corrected chi connectivity index (χ0v) is 11.9. The second-order valence-electron chi connectivity index (χ2n) is 5.26. The van der Waals surface area contributed by atoms with E-state index in [1.807, 2.05) is 16.4 Å². The van der Waals surface area contributed by atoms with E-state index in [1.165, 1.54) is 12.1 Å². The fraction of sp³-hybridized carbons (Fsp3) is 0.400. The number of benzene rings is 1. The first-order chi connectivity index (χ1) is 10.1. The van der Waals surface area contributed by atoms with E-state index in [-0.39, 0.29) is 11.7 Å². The number of aryl methyl sites for hydroxylation is 2. The van der Waals surface area contributed by atoms with Gasteiger partial charge in [-0.3, -0.25) is 4.79 Å². The minimum absolute atomic E-state index is 0.103. The molecule has 2 aromatic rings. The van der Waals surface area contributed by atoms with Crippen LogP contribution in [0, 0.1) is 12.7 Å². The molecule has 0 atom stereocenters. The first-order valence-corrected chi connectivity index (χ1v) is 7.04. The fourth-order valence-electron chi connectivity index (χ4n) is 2.58. The van der Waals surface area contributed by atoms with Gasteiger partial charge in [-0.25, -0.2) is 4.39 Å². The van der Waals surface area contributed by atoms with Crippen molar-refractivity contribution >= 4 is 5.91 Å². The quantitative estimate of drug-likeness (QED) is 0.864. The molecule has 0 N–H and O–H groups in total. The summed E-state index contributed by atoms with van der Waals surface area (Å²) in [6.07, 6.45) is 1.06. The molecule has 1 aliphatic heterocycles. The van der Waals surface area contributed by atoms with E-state index in [1.54, 1.807) is 12.1 Å². The van der Waals surface area contributed by atoms with E-state index in [4.69, 9.17) is 0 Å². The van der Waals surface area contributed by atoms with Crippen molar-refractivity contribution in [3.63, 3.8) is 0 Å². The van der Waals surface area contributed by atoms with E-state index in [9.17, 15) is 9.18 Å². The molecule has 0 saturated carbocycles. The number of aromatic nitrogens is 3. The molecule has 5 nitrogen and oxygen atoms in total. The van der Waals surface area contributed by atoms with Gasteiger partial charge in [-0.05, 0) is 31.0 Å². The van der Waals surface area contributed by atoms with Crippen LogP contribution in [0.4, 0.5) is 4.39 Å². The average molecular weight is 288 g/mol. The number of fused-ring (bicyclic) bond motifs is 1. The van der Waals surface area contributed by atoms with Crippen LogP contribution in [0.2, 0.25) is 0 Å². The van der Waals surface area contributed by atoms with Gasteiger partial charge in [0.05, 0.1) is 6.54 Å². The normalized spacial score (nSPS) is 14.1. The topological polar surface area (TPSA) is 51.0 Å². The smallest absolute Gasteiger partial charge is 0.223 e. The minimum atomic E-state index is -0.254. The molecule has 3 rings (SSSR count). The summed E-state index contributed by atoms with van der Waals surface area (Å²) in [4.78, 5) is 14.1. The van der Waals surface area contributed by atoms with E-state index >= 15 is 0 Å². The molecule has 2 heterocycles. The van der Waals surface area contributed by atoms with Crippen molar-refractivity contribution in [3.05, 3.63) is 47.3 Å². The van der Waals surface area contributed by atoms with Crippen molar-refractivity contribution in [1.29, 1.82) is 0 Å². The van der Waals surface area contributed by atoms with Gasteiger partial charge in [0.2, 0.25) is 5.91 Å². The van der Waals surface area contributed by atoms with Crippen molar-refractivity contribution in [1.82, 2.24) is 19.7 Å². The summed E-state index contributed by atoms with van der Waals surface area (Å²) in [7, 11) is 0. The summed E-state index contributed by atoms with van der Waals surface area (Å²) < 4.78 is 14.9. The van der Waals surface area contributed by atoms with Gasteiger partial charge >= 0.3 is 0 Å². The van der Waals surface area contributed by atoms with Gasteiger partial charge in [-0.1, -0.05) is 12.1 Å². The van der Waals surface area contributed by atoms with Crippen LogP contribution in [0.3, 0.4) is 0 Å². The molecule has 21 heavy (non-hydrogen) atoms. The lowest BCUT2D eigenvalue weighted by atomic mass is 10.1. The van der Waals surface area contributed by atoms with Crippen LogP contribution >= 0.6 is 0 Å². The maximum Gasteiger partial charge on any atom is 0.223 e. The Bertz CT molecular complexity index is 650. The Labute approximate surface area is 122 Å². The van der Waals surface area contributed by atoms with Gasteiger partial charge in [-0.15, -0.1) is 10.2 Å². The third kappa shape index (κ3) is 2.94. The molecule has 0 bridgehead atoms. The lowest BCUT2D eigenvalue weighted by molar-refractivity contribution is -0.132. The highest BCUT2D eigenvalue weighted by atomic mass is 19.1. The average Bonchev–Trinajstić information content (AvgIpc) is 2.87. The Morgan fingerprint density at radius 3 is 2.76 bits per heavy atom.